The number of hydrogen-bond acceptors (Lipinski definition) is 5. The van der Waals surface area contributed by atoms with Gasteiger partial charge in [-0.25, -0.2) is 8.42 Å². The molecule has 0 spiro atoms. The van der Waals surface area contributed by atoms with Crippen LogP contribution in [0, 0.1) is 6.92 Å². The second-order valence-electron chi connectivity index (χ2n) is 5.43. The molecule has 1 saturated heterocycles. The molecule has 1 heterocycles. The predicted octanol–water partition coefficient (Wildman–Crippen LogP) is 0.635. The van der Waals surface area contributed by atoms with Crippen LogP contribution in [0.2, 0.25) is 0 Å². The number of nitrogens with one attached hydrogen (secondary N) is 1. The molecular weight excluding hydrogens is 290 g/mol. The summed E-state index contributed by atoms with van der Waals surface area (Å²) in [6.45, 7) is 4.47. The molecule has 0 bridgehead atoms. The van der Waals surface area contributed by atoms with Gasteiger partial charge in [-0.05, 0) is 31.5 Å². The first-order chi connectivity index (χ1) is 9.78. The van der Waals surface area contributed by atoms with Gasteiger partial charge in [-0.3, -0.25) is 9.69 Å². The number of rotatable bonds is 3. The second-order valence-corrected chi connectivity index (χ2v) is 7.73. The van der Waals surface area contributed by atoms with Gasteiger partial charge in [0.2, 0.25) is 5.91 Å². The summed E-state index contributed by atoms with van der Waals surface area (Å²) in [5.74, 6) is 0.0761. The van der Waals surface area contributed by atoms with E-state index in [1.165, 1.54) is 0 Å². The van der Waals surface area contributed by atoms with Crippen LogP contribution in [0.1, 0.15) is 12.5 Å². The Balaban J connectivity index is 2.01. The first-order valence-corrected chi connectivity index (χ1v) is 8.72. The molecule has 7 heteroatoms. The summed E-state index contributed by atoms with van der Waals surface area (Å²) >= 11 is 0. The number of aryl methyl sites for hydroxylation is 1. The zero-order valence-corrected chi connectivity index (χ0v) is 13.1. The Morgan fingerprint density at radius 2 is 1.95 bits per heavy atom. The van der Waals surface area contributed by atoms with Crippen molar-refractivity contribution >= 4 is 27.1 Å². The molecule has 1 aliphatic heterocycles. The number of nitrogen functional groups attached to an aromatic ring is 1. The van der Waals surface area contributed by atoms with Crippen molar-refractivity contribution in [2.45, 2.75) is 19.9 Å². The molecule has 0 aromatic heterocycles. The summed E-state index contributed by atoms with van der Waals surface area (Å²) in [6, 6.07) is 4.98. The topological polar surface area (TPSA) is 92.5 Å². The van der Waals surface area contributed by atoms with Crippen LogP contribution in [0.3, 0.4) is 0 Å². The highest BCUT2D eigenvalue weighted by Crippen LogP contribution is 2.19. The number of nitrogens with zero attached hydrogens (tertiary/aromatic N) is 1. The van der Waals surface area contributed by atoms with Gasteiger partial charge in [0.15, 0.2) is 9.84 Å². The highest BCUT2D eigenvalue weighted by atomic mass is 32.2. The maximum Gasteiger partial charge on any atom is 0.241 e. The molecule has 116 valence electrons. The molecule has 0 saturated carbocycles. The van der Waals surface area contributed by atoms with Crippen molar-refractivity contribution in [3.8, 4) is 0 Å². The zero-order valence-electron chi connectivity index (χ0n) is 12.3. The lowest BCUT2D eigenvalue weighted by Crippen LogP contribution is -2.49. The van der Waals surface area contributed by atoms with Gasteiger partial charge in [-0.15, -0.1) is 0 Å². The third kappa shape index (κ3) is 3.95. The summed E-state index contributed by atoms with van der Waals surface area (Å²) in [4.78, 5) is 14.2. The van der Waals surface area contributed by atoms with Crippen molar-refractivity contribution in [2.75, 3.05) is 35.6 Å². The molecule has 1 aromatic rings. The van der Waals surface area contributed by atoms with Crippen molar-refractivity contribution in [1.29, 1.82) is 0 Å². The number of anilines is 2. The third-order valence-electron chi connectivity index (χ3n) is 3.83. The van der Waals surface area contributed by atoms with E-state index in [-0.39, 0.29) is 23.5 Å². The van der Waals surface area contributed by atoms with Gasteiger partial charge in [0.25, 0.3) is 0 Å². The van der Waals surface area contributed by atoms with Gasteiger partial charge in [0.1, 0.15) is 0 Å². The third-order valence-corrected chi connectivity index (χ3v) is 5.43. The Hall–Kier alpha value is -1.60. The predicted molar refractivity (Wildman–Crippen MR) is 83.9 cm³/mol. The number of amides is 1. The lowest BCUT2D eigenvalue weighted by atomic mass is 10.1. The molecule has 1 atom stereocenters. The quantitative estimate of drug-likeness (QED) is 0.799. The van der Waals surface area contributed by atoms with E-state index >= 15 is 0 Å². The molecule has 1 aliphatic rings. The van der Waals surface area contributed by atoms with Crippen molar-refractivity contribution in [2.24, 2.45) is 0 Å². The smallest absolute Gasteiger partial charge is 0.241 e. The molecule has 0 aliphatic carbocycles. The summed E-state index contributed by atoms with van der Waals surface area (Å²) < 4.78 is 22.8. The fourth-order valence-corrected chi connectivity index (χ4v) is 3.52. The Bertz CT molecular complexity index is 629. The van der Waals surface area contributed by atoms with Crippen molar-refractivity contribution in [3.63, 3.8) is 0 Å². The van der Waals surface area contributed by atoms with Gasteiger partial charge in [-0.2, -0.15) is 0 Å². The maximum atomic E-state index is 12.3. The van der Waals surface area contributed by atoms with Crippen molar-refractivity contribution in [1.82, 2.24) is 4.90 Å². The normalized spacial score (nSPS) is 19.9. The van der Waals surface area contributed by atoms with Crippen LogP contribution in [-0.4, -0.2) is 49.9 Å². The van der Waals surface area contributed by atoms with E-state index in [0.717, 1.165) is 5.56 Å². The van der Waals surface area contributed by atoms with E-state index in [1.807, 2.05) is 17.9 Å². The Labute approximate surface area is 125 Å². The van der Waals surface area contributed by atoms with Gasteiger partial charge in [0.05, 0.1) is 17.5 Å². The Morgan fingerprint density at radius 3 is 2.57 bits per heavy atom. The summed E-state index contributed by atoms with van der Waals surface area (Å²) in [6.07, 6.45) is 0. The van der Waals surface area contributed by atoms with E-state index in [0.29, 0.717) is 24.5 Å². The number of hydrogen-bond donors (Lipinski definition) is 2. The highest BCUT2D eigenvalue weighted by Gasteiger charge is 2.28. The minimum absolute atomic E-state index is 0.113. The molecular formula is C14H21N3O3S. The number of benzene rings is 1. The number of sulfone groups is 1. The number of nitrogens with two attached hydrogens (primary N) is 1. The van der Waals surface area contributed by atoms with Crippen LogP contribution in [0.25, 0.3) is 0 Å². The van der Waals surface area contributed by atoms with E-state index in [4.69, 9.17) is 5.73 Å². The number of carbonyl (C=O) groups is 1. The van der Waals surface area contributed by atoms with Gasteiger partial charge < -0.3 is 11.1 Å². The minimum Gasteiger partial charge on any atom is -0.399 e. The molecule has 1 unspecified atom stereocenters. The Morgan fingerprint density at radius 1 is 1.33 bits per heavy atom. The second kappa shape index (κ2) is 6.03. The van der Waals surface area contributed by atoms with E-state index < -0.39 is 9.84 Å². The molecule has 1 aromatic carbocycles. The molecule has 1 fully saturated rings. The van der Waals surface area contributed by atoms with Crippen molar-refractivity contribution in [3.05, 3.63) is 23.8 Å². The Kier molecular flexibility index (Phi) is 4.53. The lowest BCUT2D eigenvalue weighted by molar-refractivity contribution is -0.120. The lowest BCUT2D eigenvalue weighted by Gasteiger charge is -2.31. The zero-order chi connectivity index (χ0) is 15.6. The summed E-state index contributed by atoms with van der Waals surface area (Å²) in [7, 11) is -2.94. The fourth-order valence-electron chi connectivity index (χ4n) is 2.29. The van der Waals surface area contributed by atoms with Crippen LogP contribution >= 0.6 is 0 Å². The fraction of sp³-hybridized carbons (Fsp3) is 0.500. The van der Waals surface area contributed by atoms with Crippen LogP contribution in [0.4, 0.5) is 11.4 Å². The van der Waals surface area contributed by atoms with Gasteiger partial charge in [-0.1, -0.05) is 6.07 Å². The minimum atomic E-state index is -2.94. The molecule has 6 nitrogen and oxygen atoms in total. The average molecular weight is 311 g/mol. The van der Waals surface area contributed by atoms with Gasteiger partial charge in [0, 0.05) is 24.5 Å². The monoisotopic (exact) mass is 311 g/mol. The van der Waals surface area contributed by atoms with Gasteiger partial charge >= 0.3 is 0 Å². The first kappa shape index (κ1) is 15.8. The van der Waals surface area contributed by atoms with E-state index in [1.54, 1.807) is 19.1 Å². The van der Waals surface area contributed by atoms with Crippen LogP contribution in [-0.2, 0) is 14.6 Å². The molecule has 3 N–H and O–H groups in total. The van der Waals surface area contributed by atoms with E-state index in [2.05, 4.69) is 5.32 Å². The highest BCUT2D eigenvalue weighted by molar-refractivity contribution is 7.91. The summed E-state index contributed by atoms with van der Waals surface area (Å²) in [5.41, 5.74) is 7.94. The number of carbonyl (C=O) groups excluding carboxylic acids is 1. The van der Waals surface area contributed by atoms with Crippen LogP contribution in [0.15, 0.2) is 18.2 Å². The average Bonchev–Trinajstić information content (AvgIpc) is 2.42. The molecule has 1 amide bonds. The summed E-state index contributed by atoms with van der Waals surface area (Å²) in [5, 5.41) is 2.86. The van der Waals surface area contributed by atoms with Crippen LogP contribution in [0.5, 0.6) is 0 Å². The van der Waals surface area contributed by atoms with Crippen molar-refractivity contribution < 1.29 is 13.2 Å². The maximum absolute atomic E-state index is 12.3. The standard InChI is InChI=1S/C14H21N3O3S/c1-10-3-4-12(15)9-13(10)16-14(18)11(2)17-5-7-21(19,20)8-6-17/h3-4,9,11H,5-8,15H2,1-2H3,(H,16,18). The largest absolute Gasteiger partial charge is 0.399 e. The molecule has 0 radical (unpaired) electrons. The van der Waals surface area contributed by atoms with E-state index in [9.17, 15) is 13.2 Å². The SMILES string of the molecule is Cc1ccc(N)cc1NC(=O)C(C)N1CCS(=O)(=O)CC1. The molecule has 2 rings (SSSR count). The molecule has 21 heavy (non-hydrogen) atoms. The first-order valence-electron chi connectivity index (χ1n) is 6.90. The van der Waals surface area contributed by atoms with Crippen LogP contribution < -0.4 is 11.1 Å².